The molecule has 0 N–H and O–H groups in total. The molecule has 0 aliphatic rings. The van der Waals surface area contributed by atoms with Gasteiger partial charge in [0, 0.05) is 10.0 Å². The Bertz CT molecular complexity index is 730. The summed E-state index contributed by atoms with van der Waals surface area (Å²) in [7, 11) is -1.37. The average Bonchev–Trinajstić information content (AvgIpc) is 2.61. The van der Waals surface area contributed by atoms with E-state index in [1.807, 2.05) is 36.4 Å². The maximum atomic E-state index is 6.34. The molecule has 0 unspecified atom stereocenters. The summed E-state index contributed by atoms with van der Waals surface area (Å²) >= 11 is 3.45. The highest BCUT2D eigenvalue weighted by Gasteiger charge is 2.22. The predicted octanol–water partition coefficient (Wildman–Crippen LogP) is 4.24. The van der Waals surface area contributed by atoms with Crippen molar-refractivity contribution in [1.29, 1.82) is 0 Å². The Morgan fingerprint density at radius 3 is 1.70 bits per heavy atom. The monoisotopic (exact) mass is 379 g/mol. The van der Waals surface area contributed by atoms with Crippen molar-refractivity contribution in [3.63, 3.8) is 0 Å². The summed E-state index contributed by atoms with van der Waals surface area (Å²) in [5.41, 5.74) is 1.00. The first kappa shape index (κ1) is 15.8. The Kier molecular flexibility index (Phi) is 5.11. The van der Waals surface area contributed by atoms with Gasteiger partial charge in [0.15, 0.2) is 0 Å². The van der Waals surface area contributed by atoms with Crippen LogP contribution in [0.25, 0.3) is 5.76 Å². The molecule has 0 amide bonds. The highest BCUT2D eigenvalue weighted by Crippen LogP contribution is 2.18. The second-order valence-corrected chi connectivity index (χ2v) is 8.03. The van der Waals surface area contributed by atoms with Gasteiger partial charge in [-0.3, -0.25) is 0 Å². The van der Waals surface area contributed by atoms with Crippen LogP contribution < -0.4 is 10.4 Å². The molecule has 3 aromatic carbocycles. The van der Waals surface area contributed by atoms with Gasteiger partial charge in [-0.25, -0.2) is 0 Å². The van der Waals surface area contributed by atoms with Crippen molar-refractivity contribution in [2.24, 2.45) is 0 Å². The van der Waals surface area contributed by atoms with Crippen molar-refractivity contribution in [3.8, 4) is 0 Å². The van der Waals surface area contributed by atoms with E-state index in [4.69, 9.17) is 4.43 Å². The van der Waals surface area contributed by atoms with Gasteiger partial charge in [-0.1, -0.05) is 95.3 Å². The van der Waals surface area contributed by atoms with Gasteiger partial charge < -0.3 is 4.43 Å². The van der Waals surface area contributed by atoms with Crippen LogP contribution in [0.15, 0.2) is 96.0 Å². The number of hydrogen-bond acceptors (Lipinski definition) is 1. The van der Waals surface area contributed by atoms with Crippen LogP contribution in [0.3, 0.4) is 0 Å². The van der Waals surface area contributed by atoms with Crippen LogP contribution in [-0.4, -0.2) is 9.04 Å². The van der Waals surface area contributed by atoms with E-state index in [0.717, 1.165) is 10.0 Å². The normalized spacial score (nSPS) is 10.5. The van der Waals surface area contributed by atoms with E-state index in [-0.39, 0.29) is 0 Å². The lowest BCUT2D eigenvalue weighted by Gasteiger charge is -2.19. The fraction of sp³-hybridized carbons (Fsp3) is 0. The van der Waals surface area contributed by atoms with Crippen LogP contribution in [0.1, 0.15) is 5.56 Å². The number of hydrogen-bond donors (Lipinski definition) is 0. The summed E-state index contributed by atoms with van der Waals surface area (Å²) in [6, 6.07) is 28.8. The molecule has 3 heteroatoms. The maximum Gasteiger partial charge on any atom is 0.352 e. The second-order valence-electron chi connectivity index (χ2n) is 5.09. The van der Waals surface area contributed by atoms with Crippen LogP contribution in [0, 0.1) is 0 Å². The Labute approximate surface area is 147 Å². The molecular formula is C20H16BrOSi. The molecule has 0 aliphatic heterocycles. The predicted molar refractivity (Wildman–Crippen MR) is 102 cm³/mol. The third kappa shape index (κ3) is 4.00. The van der Waals surface area contributed by atoms with Crippen molar-refractivity contribution < 1.29 is 4.43 Å². The summed E-state index contributed by atoms with van der Waals surface area (Å²) in [5.74, 6) is 0.707. The highest BCUT2D eigenvalue weighted by molar-refractivity contribution is 9.10. The van der Waals surface area contributed by atoms with Gasteiger partial charge in [0.05, 0.1) is 0 Å². The van der Waals surface area contributed by atoms with Gasteiger partial charge >= 0.3 is 9.04 Å². The molecule has 0 saturated heterocycles. The van der Waals surface area contributed by atoms with Crippen LogP contribution in [-0.2, 0) is 4.43 Å². The van der Waals surface area contributed by atoms with Crippen LogP contribution in [0.4, 0.5) is 0 Å². The first-order valence-electron chi connectivity index (χ1n) is 7.34. The lowest BCUT2D eigenvalue weighted by Crippen LogP contribution is -2.44. The molecule has 0 aromatic heterocycles. The molecule has 0 heterocycles. The molecular weight excluding hydrogens is 364 g/mol. The molecule has 3 aromatic rings. The Morgan fingerprint density at radius 2 is 1.22 bits per heavy atom. The van der Waals surface area contributed by atoms with E-state index in [1.54, 1.807) is 0 Å². The molecule has 0 bridgehead atoms. The minimum atomic E-state index is -1.37. The third-order valence-electron chi connectivity index (χ3n) is 3.46. The van der Waals surface area contributed by atoms with Gasteiger partial charge in [-0.2, -0.15) is 0 Å². The average molecular weight is 380 g/mol. The number of benzene rings is 3. The lowest BCUT2D eigenvalue weighted by molar-refractivity contribution is 0.550. The van der Waals surface area contributed by atoms with Gasteiger partial charge in [0.1, 0.15) is 5.76 Å². The maximum absolute atomic E-state index is 6.34. The zero-order valence-corrected chi connectivity index (χ0v) is 15.2. The molecule has 3 rings (SSSR count). The number of rotatable bonds is 5. The summed E-state index contributed by atoms with van der Waals surface area (Å²) < 4.78 is 7.39. The van der Waals surface area contributed by atoms with Gasteiger partial charge in [0.25, 0.3) is 0 Å². The van der Waals surface area contributed by atoms with Crippen LogP contribution in [0.5, 0.6) is 0 Å². The Balaban J connectivity index is 1.90. The topological polar surface area (TPSA) is 9.23 Å². The zero-order valence-electron chi connectivity index (χ0n) is 12.6. The largest absolute Gasteiger partial charge is 0.533 e. The van der Waals surface area contributed by atoms with Crippen LogP contribution >= 0.6 is 15.9 Å². The van der Waals surface area contributed by atoms with E-state index < -0.39 is 9.04 Å². The van der Waals surface area contributed by atoms with Crippen molar-refractivity contribution >= 4 is 41.1 Å². The van der Waals surface area contributed by atoms with Gasteiger partial charge in [-0.05, 0) is 22.5 Å². The lowest BCUT2D eigenvalue weighted by atomic mass is 10.2. The summed E-state index contributed by atoms with van der Waals surface area (Å²) in [6.45, 7) is 4.13. The minimum absolute atomic E-state index is 0.707. The fourth-order valence-corrected chi connectivity index (χ4v) is 4.47. The molecule has 0 atom stereocenters. The van der Waals surface area contributed by atoms with Crippen molar-refractivity contribution in [1.82, 2.24) is 0 Å². The Morgan fingerprint density at radius 1 is 0.739 bits per heavy atom. The molecule has 113 valence electrons. The first-order chi connectivity index (χ1) is 11.2. The molecule has 1 radical (unpaired) electrons. The van der Waals surface area contributed by atoms with E-state index in [2.05, 4.69) is 71.0 Å². The molecule has 0 saturated carbocycles. The standard InChI is InChI=1S/C20H16BrOSi/c1-16(17-12-14-18(21)15-13-17)22-23(19-8-4-2-5-9-19)20-10-6-3-7-11-20/h2-15H,1H2. The van der Waals surface area contributed by atoms with Crippen LogP contribution in [0.2, 0.25) is 0 Å². The minimum Gasteiger partial charge on any atom is -0.533 e. The number of halogens is 1. The van der Waals surface area contributed by atoms with Crippen molar-refractivity contribution in [3.05, 3.63) is 102 Å². The molecule has 1 nitrogen and oxygen atoms in total. The SMILES string of the molecule is C=C(O[Si](c1ccccc1)c1ccccc1)c1ccc(Br)cc1. The summed E-state index contributed by atoms with van der Waals surface area (Å²) in [4.78, 5) is 0. The van der Waals surface area contributed by atoms with E-state index in [9.17, 15) is 0 Å². The second kappa shape index (κ2) is 7.44. The summed E-state index contributed by atoms with van der Waals surface area (Å²) in [6.07, 6.45) is 0. The van der Waals surface area contributed by atoms with E-state index in [0.29, 0.717) is 5.76 Å². The third-order valence-corrected chi connectivity index (χ3v) is 6.16. The fourth-order valence-electron chi connectivity index (χ4n) is 2.28. The first-order valence-corrected chi connectivity index (χ1v) is 9.54. The molecule has 0 spiro atoms. The summed E-state index contributed by atoms with van der Waals surface area (Å²) in [5, 5.41) is 2.42. The highest BCUT2D eigenvalue weighted by atomic mass is 79.9. The van der Waals surface area contributed by atoms with Gasteiger partial charge in [0.2, 0.25) is 0 Å². The molecule has 0 aliphatic carbocycles. The van der Waals surface area contributed by atoms with Crippen molar-refractivity contribution in [2.45, 2.75) is 0 Å². The van der Waals surface area contributed by atoms with Gasteiger partial charge in [-0.15, -0.1) is 0 Å². The van der Waals surface area contributed by atoms with E-state index in [1.165, 1.54) is 10.4 Å². The smallest absolute Gasteiger partial charge is 0.352 e. The molecule has 0 fully saturated rings. The zero-order chi connectivity index (χ0) is 16.1. The quantitative estimate of drug-likeness (QED) is 0.475. The van der Waals surface area contributed by atoms with E-state index >= 15 is 0 Å². The Hall–Kier alpha value is -2.10. The molecule has 23 heavy (non-hydrogen) atoms. The van der Waals surface area contributed by atoms with Crippen molar-refractivity contribution in [2.75, 3.05) is 0 Å².